The van der Waals surface area contributed by atoms with Gasteiger partial charge < -0.3 is 0 Å². The van der Waals surface area contributed by atoms with Gasteiger partial charge in [-0.15, -0.1) is 0 Å². The fraction of sp³-hybridized carbons (Fsp3) is 0.0909. The van der Waals surface area contributed by atoms with Crippen molar-refractivity contribution in [3.8, 4) is 0 Å². The highest BCUT2D eigenvalue weighted by Crippen LogP contribution is 2.27. The molecule has 1 aliphatic heterocycles. The zero-order chi connectivity index (χ0) is 12.6. The molecule has 1 heterocycles. The highest BCUT2D eigenvalue weighted by Gasteiger charge is 2.27. The summed E-state index contributed by atoms with van der Waals surface area (Å²) in [5.74, 6) is -0.975. The fourth-order valence-electron chi connectivity index (χ4n) is 1.59. The Balaban J connectivity index is 2.51. The smallest absolute Gasteiger partial charge is 0.269 e. The van der Waals surface area contributed by atoms with Gasteiger partial charge in [0.05, 0.1) is 10.6 Å². The lowest BCUT2D eigenvalue weighted by atomic mass is 10.1. The highest BCUT2D eigenvalue weighted by atomic mass is 16.6. The number of carbonyl (C=O) groups excluding carboxylic acids is 2. The molecule has 0 spiro atoms. The van der Waals surface area contributed by atoms with Crippen LogP contribution in [0.15, 0.2) is 30.4 Å². The van der Waals surface area contributed by atoms with Crippen LogP contribution in [0.2, 0.25) is 0 Å². The fourth-order valence-corrected chi connectivity index (χ4v) is 1.59. The summed E-state index contributed by atoms with van der Waals surface area (Å²) in [6.07, 6.45) is 2.28. The maximum absolute atomic E-state index is 11.5. The van der Waals surface area contributed by atoms with Gasteiger partial charge in [0.2, 0.25) is 0 Å². The second-order valence-corrected chi connectivity index (χ2v) is 3.57. The number of nitro groups is 1. The SMILES string of the molecule is Cc1ccc([N+](=O)[O-])cc1N1C(=O)C=CC1=O. The van der Waals surface area contributed by atoms with Gasteiger partial charge in [-0.1, -0.05) is 6.07 Å². The lowest BCUT2D eigenvalue weighted by Crippen LogP contribution is -2.30. The van der Waals surface area contributed by atoms with E-state index in [-0.39, 0.29) is 11.4 Å². The Bertz CT molecular complexity index is 545. The lowest BCUT2D eigenvalue weighted by Gasteiger charge is -2.15. The number of benzene rings is 1. The molecule has 6 nitrogen and oxygen atoms in total. The van der Waals surface area contributed by atoms with E-state index in [1.165, 1.54) is 18.2 Å². The van der Waals surface area contributed by atoms with Gasteiger partial charge in [-0.05, 0) is 12.5 Å². The lowest BCUT2D eigenvalue weighted by molar-refractivity contribution is -0.384. The van der Waals surface area contributed by atoms with Crippen LogP contribution in [0.3, 0.4) is 0 Å². The number of anilines is 1. The zero-order valence-electron chi connectivity index (χ0n) is 8.91. The molecule has 2 amide bonds. The van der Waals surface area contributed by atoms with E-state index < -0.39 is 16.7 Å². The van der Waals surface area contributed by atoms with Crippen molar-refractivity contribution in [2.24, 2.45) is 0 Å². The molecule has 0 fully saturated rings. The van der Waals surface area contributed by atoms with E-state index in [1.54, 1.807) is 6.92 Å². The van der Waals surface area contributed by atoms with Crippen molar-refractivity contribution in [1.82, 2.24) is 0 Å². The Hall–Kier alpha value is -2.50. The van der Waals surface area contributed by atoms with E-state index in [1.807, 2.05) is 0 Å². The van der Waals surface area contributed by atoms with E-state index >= 15 is 0 Å². The van der Waals surface area contributed by atoms with Crippen LogP contribution in [-0.4, -0.2) is 16.7 Å². The number of nitrogens with zero attached hydrogens (tertiary/aromatic N) is 2. The molecule has 1 aromatic carbocycles. The van der Waals surface area contributed by atoms with Gasteiger partial charge in [-0.25, -0.2) is 4.90 Å². The highest BCUT2D eigenvalue weighted by molar-refractivity contribution is 6.28. The van der Waals surface area contributed by atoms with E-state index in [9.17, 15) is 19.7 Å². The second kappa shape index (κ2) is 3.82. The summed E-state index contributed by atoms with van der Waals surface area (Å²) in [6.45, 7) is 1.68. The molecule has 0 atom stereocenters. The van der Waals surface area contributed by atoms with Gasteiger partial charge in [0.15, 0.2) is 0 Å². The molecule has 0 bridgehead atoms. The Morgan fingerprint density at radius 2 is 1.76 bits per heavy atom. The van der Waals surface area contributed by atoms with Crippen LogP contribution in [0.25, 0.3) is 0 Å². The van der Waals surface area contributed by atoms with Crippen molar-refractivity contribution in [3.63, 3.8) is 0 Å². The van der Waals surface area contributed by atoms with E-state index in [0.29, 0.717) is 5.56 Å². The summed E-state index contributed by atoms with van der Waals surface area (Å²) in [5, 5.41) is 10.6. The molecular formula is C11H8N2O4. The third kappa shape index (κ3) is 1.80. The molecular weight excluding hydrogens is 224 g/mol. The molecule has 0 saturated heterocycles. The Labute approximate surface area is 96.3 Å². The summed E-state index contributed by atoms with van der Waals surface area (Å²) in [7, 11) is 0. The van der Waals surface area contributed by atoms with Gasteiger partial charge in [-0.2, -0.15) is 0 Å². The monoisotopic (exact) mass is 232 g/mol. The van der Waals surface area contributed by atoms with Gasteiger partial charge >= 0.3 is 0 Å². The minimum Gasteiger partial charge on any atom is -0.269 e. The maximum Gasteiger partial charge on any atom is 0.271 e. The number of nitro benzene ring substituents is 1. The summed E-state index contributed by atoms with van der Waals surface area (Å²) < 4.78 is 0. The number of carbonyl (C=O) groups is 2. The second-order valence-electron chi connectivity index (χ2n) is 3.57. The minimum atomic E-state index is -0.568. The van der Waals surface area contributed by atoms with Crippen LogP contribution in [0.5, 0.6) is 0 Å². The van der Waals surface area contributed by atoms with Gasteiger partial charge in [0.1, 0.15) is 0 Å². The van der Waals surface area contributed by atoms with Gasteiger partial charge in [-0.3, -0.25) is 19.7 Å². The van der Waals surface area contributed by atoms with Crippen LogP contribution >= 0.6 is 0 Å². The predicted octanol–water partition coefficient (Wildman–Crippen LogP) is 1.33. The standard InChI is InChI=1S/C11H8N2O4/c1-7-2-3-8(13(16)17)6-9(7)12-10(14)4-5-11(12)15/h2-6H,1H3. The minimum absolute atomic E-state index is 0.155. The average molecular weight is 232 g/mol. The number of non-ortho nitro benzene ring substituents is 1. The Morgan fingerprint density at radius 1 is 1.18 bits per heavy atom. The van der Waals surface area contributed by atoms with E-state index in [0.717, 1.165) is 17.1 Å². The molecule has 6 heteroatoms. The van der Waals surface area contributed by atoms with Crippen molar-refractivity contribution in [1.29, 1.82) is 0 Å². The van der Waals surface area contributed by atoms with Crippen molar-refractivity contribution >= 4 is 23.2 Å². The third-order valence-electron chi connectivity index (χ3n) is 2.45. The molecule has 0 aliphatic carbocycles. The van der Waals surface area contributed by atoms with Crippen molar-refractivity contribution in [2.75, 3.05) is 4.90 Å². The predicted molar refractivity (Wildman–Crippen MR) is 59.5 cm³/mol. The summed E-state index contributed by atoms with van der Waals surface area (Å²) in [6, 6.07) is 4.06. The number of hydrogen-bond acceptors (Lipinski definition) is 4. The molecule has 0 aromatic heterocycles. The topological polar surface area (TPSA) is 80.5 Å². The summed E-state index contributed by atoms with van der Waals surface area (Å²) in [5.41, 5.74) is 0.721. The van der Waals surface area contributed by atoms with Crippen LogP contribution in [0.1, 0.15) is 5.56 Å². The Kier molecular flexibility index (Phi) is 2.47. The van der Waals surface area contributed by atoms with Crippen LogP contribution in [0, 0.1) is 17.0 Å². The first-order chi connectivity index (χ1) is 8.00. The Morgan fingerprint density at radius 3 is 2.29 bits per heavy atom. The van der Waals surface area contributed by atoms with Crippen LogP contribution in [-0.2, 0) is 9.59 Å². The molecule has 1 aromatic rings. The molecule has 17 heavy (non-hydrogen) atoms. The first-order valence-corrected chi connectivity index (χ1v) is 4.82. The van der Waals surface area contributed by atoms with Gasteiger partial charge in [0, 0.05) is 24.3 Å². The van der Waals surface area contributed by atoms with Crippen LogP contribution in [0.4, 0.5) is 11.4 Å². The number of rotatable bonds is 2. The molecule has 86 valence electrons. The van der Waals surface area contributed by atoms with E-state index in [4.69, 9.17) is 0 Å². The van der Waals surface area contributed by atoms with Crippen molar-refractivity contribution in [3.05, 3.63) is 46.0 Å². The molecule has 2 rings (SSSR count). The quantitative estimate of drug-likeness (QED) is 0.437. The number of aryl methyl sites for hydroxylation is 1. The van der Waals surface area contributed by atoms with Crippen molar-refractivity contribution < 1.29 is 14.5 Å². The maximum atomic E-state index is 11.5. The van der Waals surface area contributed by atoms with Crippen LogP contribution < -0.4 is 4.90 Å². The number of hydrogen-bond donors (Lipinski definition) is 0. The van der Waals surface area contributed by atoms with Crippen molar-refractivity contribution in [2.45, 2.75) is 6.92 Å². The normalized spacial score (nSPS) is 14.5. The third-order valence-corrected chi connectivity index (χ3v) is 2.45. The summed E-state index contributed by atoms with van der Waals surface area (Å²) in [4.78, 5) is 33.9. The van der Waals surface area contributed by atoms with E-state index in [2.05, 4.69) is 0 Å². The molecule has 0 unspecified atom stereocenters. The average Bonchev–Trinajstić information content (AvgIpc) is 2.59. The number of imide groups is 1. The van der Waals surface area contributed by atoms with Gasteiger partial charge in [0.25, 0.3) is 17.5 Å². The zero-order valence-corrected chi connectivity index (χ0v) is 8.91. The summed E-state index contributed by atoms with van der Waals surface area (Å²) >= 11 is 0. The molecule has 1 aliphatic rings. The molecule has 0 N–H and O–H groups in total. The first-order valence-electron chi connectivity index (χ1n) is 4.82. The largest absolute Gasteiger partial charge is 0.271 e. The molecule has 0 saturated carbocycles. The first kappa shape index (κ1) is 11.0. The molecule has 0 radical (unpaired) electrons. The number of amides is 2.